The molecule has 0 aromatic carbocycles. The Hall–Kier alpha value is -0.540. The molecule has 0 radical (unpaired) electrons. The number of hydrogen-bond donors (Lipinski definition) is 1. The lowest BCUT2D eigenvalue weighted by molar-refractivity contribution is 0.0941. The van der Waals surface area contributed by atoms with Crippen LogP contribution in [0, 0.1) is 5.92 Å². The second-order valence-corrected chi connectivity index (χ2v) is 5.91. The molecule has 1 heterocycles. The zero-order chi connectivity index (χ0) is 10.8. The van der Waals surface area contributed by atoms with E-state index in [0.29, 0.717) is 15.3 Å². The molecule has 1 aliphatic rings. The van der Waals surface area contributed by atoms with Crippen LogP contribution in [0.25, 0.3) is 0 Å². The third-order valence-electron chi connectivity index (χ3n) is 2.83. The molecule has 1 fully saturated rings. The highest BCUT2D eigenvalue weighted by molar-refractivity contribution is 7.17. The topological polar surface area (TPSA) is 29.1 Å². The van der Waals surface area contributed by atoms with E-state index >= 15 is 0 Å². The van der Waals surface area contributed by atoms with Crippen LogP contribution in [0.2, 0.25) is 4.34 Å². The first-order valence-electron chi connectivity index (χ1n) is 5.21. The Morgan fingerprint density at radius 3 is 2.87 bits per heavy atom. The summed E-state index contributed by atoms with van der Waals surface area (Å²) in [5.41, 5.74) is 0. The Morgan fingerprint density at radius 1 is 1.53 bits per heavy atom. The van der Waals surface area contributed by atoms with Gasteiger partial charge in [-0.05, 0) is 37.3 Å². The normalized spacial score (nSPS) is 25.5. The Balaban J connectivity index is 1.92. The van der Waals surface area contributed by atoms with Crippen LogP contribution in [-0.4, -0.2) is 11.9 Å². The van der Waals surface area contributed by atoms with Gasteiger partial charge in [0.05, 0.1) is 9.21 Å². The molecule has 2 nitrogen and oxygen atoms in total. The fourth-order valence-corrected chi connectivity index (χ4v) is 2.98. The minimum absolute atomic E-state index is 0.0194. The molecular weight excluding hydrogens is 230 g/mol. The van der Waals surface area contributed by atoms with Crippen LogP contribution in [0.5, 0.6) is 0 Å². The van der Waals surface area contributed by atoms with Crippen molar-refractivity contribution >= 4 is 28.8 Å². The van der Waals surface area contributed by atoms with E-state index in [1.54, 1.807) is 12.1 Å². The van der Waals surface area contributed by atoms with Crippen molar-refractivity contribution in [3.63, 3.8) is 0 Å². The lowest BCUT2D eigenvalue weighted by atomic mass is 10.1. The van der Waals surface area contributed by atoms with E-state index in [-0.39, 0.29) is 5.91 Å². The zero-order valence-electron chi connectivity index (χ0n) is 8.63. The molecule has 1 N–H and O–H groups in total. The van der Waals surface area contributed by atoms with Gasteiger partial charge in [0.1, 0.15) is 0 Å². The lowest BCUT2D eigenvalue weighted by Gasteiger charge is -2.10. The van der Waals surface area contributed by atoms with Gasteiger partial charge in [0, 0.05) is 6.04 Å². The summed E-state index contributed by atoms with van der Waals surface area (Å²) in [6, 6.07) is 3.90. The van der Waals surface area contributed by atoms with Gasteiger partial charge in [-0.25, -0.2) is 0 Å². The molecule has 1 aliphatic carbocycles. The van der Waals surface area contributed by atoms with Crippen molar-refractivity contribution in [1.82, 2.24) is 5.32 Å². The fraction of sp³-hybridized carbons (Fsp3) is 0.545. The second-order valence-electron chi connectivity index (χ2n) is 4.19. The summed E-state index contributed by atoms with van der Waals surface area (Å²) < 4.78 is 0.667. The Bertz CT molecular complexity index is 363. The minimum atomic E-state index is 0.0194. The third-order valence-corrected chi connectivity index (χ3v) is 4.06. The summed E-state index contributed by atoms with van der Waals surface area (Å²) in [6.07, 6.45) is 3.42. The minimum Gasteiger partial charge on any atom is -0.349 e. The van der Waals surface area contributed by atoms with Crippen molar-refractivity contribution < 1.29 is 4.79 Å². The highest BCUT2D eigenvalue weighted by Crippen LogP contribution is 2.26. The number of amides is 1. The van der Waals surface area contributed by atoms with E-state index in [0.717, 1.165) is 18.8 Å². The van der Waals surface area contributed by atoms with Gasteiger partial charge in [-0.3, -0.25) is 4.79 Å². The van der Waals surface area contributed by atoms with E-state index < -0.39 is 0 Å². The molecule has 1 aromatic heterocycles. The first-order chi connectivity index (χ1) is 7.15. The van der Waals surface area contributed by atoms with Crippen LogP contribution in [0.15, 0.2) is 12.1 Å². The molecule has 82 valence electrons. The quantitative estimate of drug-likeness (QED) is 0.848. The third kappa shape index (κ3) is 2.73. The second kappa shape index (κ2) is 4.54. The molecule has 4 heteroatoms. The van der Waals surface area contributed by atoms with Gasteiger partial charge < -0.3 is 5.32 Å². The van der Waals surface area contributed by atoms with Crippen molar-refractivity contribution in [3.05, 3.63) is 21.3 Å². The van der Waals surface area contributed by atoms with Gasteiger partial charge >= 0.3 is 0 Å². The van der Waals surface area contributed by atoms with E-state index in [9.17, 15) is 4.79 Å². The molecule has 2 atom stereocenters. The standard InChI is InChI=1S/C11H14ClNOS/c1-7-2-3-8(6-7)13-11(14)9-4-5-10(12)15-9/h4-5,7-8H,2-3,6H2,1H3,(H,13,14). The van der Waals surface area contributed by atoms with Gasteiger partial charge in [-0.15, -0.1) is 11.3 Å². The number of halogens is 1. The number of rotatable bonds is 2. The van der Waals surface area contributed by atoms with Gasteiger partial charge in [-0.1, -0.05) is 18.5 Å². The van der Waals surface area contributed by atoms with Crippen molar-refractivity contribution in [2.45, 2.75) is 32.2 Å². The van der Waals surface area contributed by atoms with Crippen LogP contribution in [0.1, 0.15) is 35.9 Å². The average Bonchev–Trinajstić information content (AvgIpc) is 2.75. The van der Waals surface area contributed by atoms with Gasteiger partial charge in [0.2, 0.25) is 0 Å². The van der Waals surface area contributed by atoms with Crippen molar-refractivity contribution in [2.75, 3.05) is 0 Å². The number of hydrogen-bond acceptors (Lipinski definition) is 2. The Morgan fingerprint density at radius 2 is 2.33 bits per heavy atom. The zero-order valence-corrected chi connectivity index (χ0v) is 10.2. The van der Waals surface area contributed by atoms with E-state index in [1.165, 1.54) is 17.8 Å². The van der Waals surface area contributed by atoms with Crippen molar-refractivity contribution in [3.8, 4) is 0 Å². The van der Waals surface area contributed by atoms with Crippen molar-refractivity contribution in [1.29, 1.82) is 0 Å². The maximum atomic E-state index is 11.8. The number of thiophene rings is 1. The summed E-state index contributed by atoms with van der Waals surface area (Å²) in [5.74, 6) is 0.758. The van der Waals surface area contributed by atoms with E-state index in [1.807, 2.05) is 0 Å². The van der Waals surface area contributed by atoms with Crippen LogP contribution >= 0.6 is 22.9 Å². The average molecular weight is 244 g/mol. The molecule has 1 amide bonds. The highest BCUT2D eigenvalue weighted by atomic mass is 35.5. The number of carbonyl (C=O) groups is 1. The molecule has 0 bridgehead atoms. The van der Waals surface area contributed by atoms with Crippen LogP contribution in [-0.2, 0) is 0 Å². The van der Waals surface area contributed by atoms with Crippen molar-refractivity contribution in [2.24, 2.45) is 5.92 Å². The summed E-state index contributed by atoms with van der Waals surface area (Å²) in [5, 5.41) is 3.05. The van der Waals surface area contributed by atoms with E-state index in [4.69, 9.17) is 11.6 Å². The lowest BCUT2D eigenvalue weighted by Crippen LogP contribution is -2.32. The molecule has 1 saturated carbocycles. The molecular formula is C11H14ClNOS. The Kier molecular flexibility index (Phi) is 3.32. The first kappa shape index (κ1) is 11.0. The monoisotopic (exact) mass is 243 g/mol. The summed E-state index contributed by atoms with van der Waals surface area (Å²) >= 11 is 7.12. The van der Waals surface area contributed by atoms with Crippen LogP contribution in [0.4, 0.5) is 0 Å². The molecule has 15 heavy (non-hydrogen) atoms. The highest BCUT2D eigenvalue weighted by Gasteiger charge is 2.23. The van der Waals surface area contributed by atoms with Gasteiger partial charge in [0.15, 0.2) is 0 Å². The molecule has 2 rings (SSSR count). The maximum Gasteiger partial charge on any atom is 0.261 e. The van der Waals surface area contributed by atoms with Crippen LogP contribution < -0.4 is 5.32 Å². The molecule has 1 aromatic rings. The van der Waals surface area contributed by atoms with E-state index in [2.05, 4.69) is 12.2 Å². The Labute approximate surface area is 98.6 Å². The fourth-order valence-electron chi connectivity index (χ4n) is 2.03. The molecule has 0 saturated heterocycles. The maximum absolute atomic E-state index is 11.8. The number of nitrogens with one attached hydrogen (secondary N) is 1. The summed E-state index contributed by atoms with van der Waals surface area (Å²) in [4.78, 5) is 12.5. The predicted octanol–water partition coefficient (Wildman–Crippen LogP) is 3.32. The first-order valence-corrected chi connectivity index (χ1v) is 6.41. The molecule has 2 unspecified atom stereocenters. The van der Waals surface area contributed by atoms with Crippen LogP contribution in [0.3, 0.4) is 0 Å². The predicted molar refractivity (Wildman–Crippen MR) is 63.6 cm³/mol. The number of carbonyl (C=O) groups excluding carboxylic acids is 1. The summed E-state index contributed by atoms with van der Waals surface area (Å²) in [6.45, 7) is 2.23. The summed E-state index contributed by atoms with van der Waals surface area (Å²) in [7, 11) is 0. The molecule has 0 aliphatic heterocycles. The van der Waals surface area contributed by atoms with Gasteiger partial charge in [0.25, 0.3) is 5.91 Å². The largest absolute Gasteiger partial charge is 0.349 e. The molecule has 0 spiro atoms. The van der Waals surface area contributed by atoms with Gasteiger partial charge in [-0.2, -0.15) is 0 Å². The SMILES string of the molecule is CC1CCC(NC(=O)c2ccc(Cl)s2)C1. The smallest absolute Gasteiger partial charge is 0.261 e.